The first-order valence-electron chi connectivity index (χ1n) is 14.2. The van der Waals surface area contributed by atoms with Crippen LogP contribution in [0.25, 0.3) is 22.3 Å². The molecule has 1 amide bonds. The molecule has 2 heterocycles. The third-order valence-electron chi connectivity index (χ3n) is 8.60. The smallest absolute Gasteiger partial charge is 0.455 e. The summed E-state index contributed by atoms with van der Waals surface area (Å²) < 4.78 is 60.8. The highest BCUT2D eigenvalue weighted by Gasteiger charge is 2.51. The summed E-state index contributed by atoms with van der Waals surface area (Å²) in [6.07, 6.45) is 2.95. The largest absolute Gasteiger partial charge is 0.494 e. The van der Waals surface area contributed by atoms with E-state index in [2.05, 4.69) is 5.32 Å². The Morgan fingerprint density at radius 1 is 1.00 bits per heavy atom. The average Bonchev–Trinajstić information content (AvgIpc) is 3.67. The number of nitrogens with one attached hydrogen (secondary N) is 1. The summed E-state index contributed by atoms with van der Waals surface area (Å²) in [6.45, 7) is 7.86. The molecule has 0 atom stereocenters. The summed E-state index contributed by atoms with van der Waals surface area (Å²) in [5.41, 5.74) is 2.43. The van der Waals surface area contributed by atoms with Gasteiger partial charge in [0.15, 0.2) is 0 Å². The maximum Gasteiger partial charge on any atom is 0.494 e. The molecule has 2 aliphatic rings. The van der Waals surface area contributed by atoms with E-state index in [9.17, 15) is 17.6 Å². The van der Waals surface area contributed by atoms with Crippen molar-refractivity contribution in [3.05, 3.63) is 77.6 Å². The zero-order chi connectivity index (χ0) is 30.9. The number of carbonyl (C=O) groups is 1. The van der Waals surface area contributed by atoms with E-state index in [0.717, 1.165) is 24.7 Å². The molecule has 1 saturated heterocycles. The summed E-state index contributed by atoms with van der Waals surface area (Å²) in [5.74, 6) is -0.368. The van der Waals surface area contributed by atoms with Crippen molar-refractivity contribution >= 4 is 50.9 Å². The van der Waals surface area contributed by atoms with Crippen LogP contribution >= 0.6 is 0 Å². The van der Waals surface area contributed by atoms with Crippen molar-refractivity contribution in [2.24, 2.45) is 0 Å². The molecule has 0 unspecified atom stereocenters. The van der Waals surface area contributed by atoms with Gasteiger partial charge in [0, 0.05) is 24.1 Å². The molecule has 11 heteroatoms. The minimum absolute atomic E-state index is 0.122. The van der Waals surface area contributed by atoms with Crippen molar-refractivity contribution in [1.29, 1.82) is 0 Å². The molecule has 1 N–H and O–H groups in total. The van der Waals surface area contributed by atoms with Crippen molar-refractivity contribution in [3.63, 3.8) is 0 Å². The van der Waals surface area contributed by atoms with E-state index in [1.807, 2.05) is 39.8 Å². The van der Waals surface area contributed by atoms with Crippen molar-refractivity contribution in [1.82, 2.24) is 5.32 Å². The third-order valence-corrected chi connectivity index (χ3v) is 9.67. The molecule has 0 radical (unpaired) electrons. The van der Waals surface area contributed by atoms with Crippen molar-refractivity contribution < 1.29 is 31.3 Å². The van der Waals surface area contributed by atoms with Gasteiger partial charge in [-0.25, -0.2) is 17.1 Å². The van der Waals surface area contributed by atoms with Crippen LogP contribution in [0, 0.1) is 5.82 Å². The van der Waals surface area contributed by atoms with Crippen LogP contribution in [0.4, 0.5) is 15.8 Å². The minimum Gasteiger partial charge on any atom is -0.455 e. The van der Waals surface area contributed by atoms with Crippen LogP contribution in [0.3, 0.4) is 0 Å². The van der Waals surface area contributed by atoms with Crippen molar-refractivity contribution in [2.45, 2.75) is 57.7 Å². The van der Waals surface area contributed by atoms with Gasteiger partial charge in [-0.3, -0.25) is 4.79 Å². The van der Waals surface area contributed by atoms with E-state index >= 15 is 0 Å². The Morgan fingerprint density at radius 2 is 1.65 bits per heavy atom. The highest BCUT2D eigenvalue weighted by Crippen LogP contribution is 2.49. The second-order valence-electron chi connectivity index (χ2n) is 12.3. The summed E-state index contributed by atoms with van der Waals surface area (Å²) in [6, 6.07) is 16.4. The molecule has 43 heavy (non-hydrogen) atoms. The fourth-order valence-electron chi connectivity index (χ4n) is 5.49. The maximum absolute atomic E-state index is 13.7. The molecule has 1 aliphatic carbocycles. The number of sulfonamides is 1. The predicted molar refractivity (Wildman–Crippen MR) is 166 cm³/mol. The Hall–Kier alpha value is -3.67. The number of halogens is 1. The van der Waals surface area contributed by atoms with E-state index in [0.29, 0.717) is 38.9 Å². The van der Waals surface area contributed by atoms with Gasteiger partial charge in [0.2, 0.25) is 10.0 Å². The molecule has 6 rings (SSSR count). The molecule has 4 aromatic rings. The standard InChI is InChI=1S/C32H34BFN2O6S/c1-31(2)32(3,4)42-33(41-31)21-8-7-9-23(16-21)36(43(6,38)39)26-18-27-25(17-24(26)19-10-11-19)28(30(37)35-5)29(40-27)20-12-14-22(34)15-13-20/h7-9,12-19H,10-11H2,1-6H3,(H,35,37). The van der Waals surface area contributed by atoms with Gasteiger partial charge in [0.05, 0.1) is 34.4 Å². The summed E-state index contributed by atoms with van der Waals surface area (Å²) in [4.78, 5) is 13.1. The second-order valence-corrected chi connectivity index (χ2v) is 14.1. The molecule has 1 aliphatic heterocycles. The SMILES string of the molecule is CNC(=O)c1c(-c2ccc(F)cc2)oc2cc(N(c3cccc(B4OC(C)(C)C(C)(C)O4)c3)S(C)(=O)=O)c(C3CC3)cc12. The molecule has 2 fully saturated rings. The van der Waals surface area contributed by atoms with Crippen LogP contribution in [0.5, 0.6) is 0 Å². The topological polar surface area (TPSA) is 98.1 Å². The lowest BCUT2D eigenvalue weighted by Crippen LogP contribution is -2.41. The minimum atomic E-state index is -3.85. The summed E-state index contributed by atoms with van der Waals surface area (Å²) >= 11 is 0. The number of hydrogen-bond acceptors (Lipinski definition) is 6. The van der Waals surface area contributed by atoms with Crippen molar-refractivity contribution in [3.8, 4) is 11.3 Å². The van der Waals surface area contributed by atoms with E-state index < -0.39 is 34.2 Å². The lowest BCUT2D eigenvalue weighted by Gasteiger charge is -2.32. The van der Waals surface area contributed by atoms with E-state index in [-0.39, 0.29) is 17.6 Å². The Bertz CT molecular complexity index is 1830. The van der Waals surface area contributed by atoms with Gasteiger partial charge in [-0.1, -0.05) is 12.1 Å². The molecule has 1 saturated carbocycles. The molecular formula is C32H34BFN2O6S. The first-order chi connectivity index (χ1) is 20.2. The summed E-state index contributed by atoms with van der Waals surface area (Å²) in [5, 5.41) is 3.23. The van der Waals surface area contributed by atoms with Gasteiger partial charge < -0.3 is 19.0 Å². The third kappa shape index (κ3) is 5.23. The van der Waals surface area contributed by atoms with Crippen molar-refractivity contribution in [2.75, 3.05) is 17.6 Å². The van der Waals surface area contributed by atoms with Gasteiger partial charge in [-0.2, -0.15) is 0 Å². The lowest BCUT2D eigenvalue weighted by atomic mass is 9.79. The van der Waals surface area contributed by atoms with Gasteiger partial charge in [0.25, 0.3) is 5.91 Å². The van der Waals surface area contributed by atoms with E-state index in [1.165, 1.54) is 23.5 Å². The fourth-order valence-corrected chi connectivity index (χ4v) is 6.50. The molecule has 3 aromatic carbocycles. The second kappa shape index (κ2) is 10.2. The fraction of sp³-hybridized carbons (Fsp3) is 0.344. The number of carbonyl (C=O) groups excluding carboxylic acids is 1. The van der Waals surface area contributed by atoms with Gasteiger partial charge in [-0.15, -0.1) is 0 Å². The number of rotatable bonds is 7. The quantitative estimate of drug-likeness (QED) is 0.265. The molecule has 1 aromatic heterocycles. The van der Waals surface area contributed by atoms with Crippen LogP contribution in [-0.4, -0.2) is 45.9 Å². The average molecular weight is 605 g/mol. The number of fused-ring (bicyclic) bond motifs is 1. The van der Waals surface area contributed by atoms with Crippen LogP contribution in [0.1, 0.15) is 62.4 Å². The van der Waals surface area contributed by atoms with Gasteiger partial charge in [-0.05, 0) is 99.9 Å². The first-order valence-corrected chi connectivity index (χ1v) is 16.1. The Labute approximate surface area is 251 Å². The number of benzene rings is 3. The molecule has 8 nitrogen and oxygen atoms in total. The maximum atomic E-state index is 13.7. The van der Waals surface area contributed by atoms with E-state index in [1.54, 1.807) is 36.4 Å². The van der Waals surface area contributed by atoms with Crippen LogP contribution < -0.4 is 15.1 Å². The van der Waals surface area contributed by atoms with Crippen LogP contribution in [-0.2, 0) is 19.3 Å². The van der Waals surface area contributed by atoms with Gasteiger partial charge in [0.1, 0.15) is 17.2 Å². The lowest BCUT2D eigenvalue weighted by molar-refractivity contribution is 0.00578. The Morgan fingerprint density at radius 3 is 2.23 bits per heavy atom. The zero-order valence-corrected chi connectivity index (χ0v) is 25.8. The van der Waals surface area contributed by atoms with Gasteiger partial charge >= 0.3 is 7.12 Å². The van der Waals surface area contributed by atoms with Crippen LogP contribution in [0.2, 0.25) is 0 Å². The number of anilines is 2. The highest BCUT2D eigenvalue weighted by molar-refractivity contribution is 7.92. The Kier molecular flexibility index (Phi) is 6.98. The molecule has 224 valence electrons. The number of furan rings is 1. The van der Waals surface area contributed by atoms with E-state index in [4.69, 9.17) is 13.7 Å². The predicted octanol–water partition coefficient (Wildman–Crippen LogP) is 5.87. The monoisotopic (exact) mass is 604 g/mol. The molecular weight excluding hydrogens is 570 g/mol. The Balaban J connectivity index is 1.53. The number of amides is 1. The normalized spacial score (nSPS) is 17.8. The molecule has 0 spiro atoms. The number of nitrogens with zero attached hydrogens (tertiary/aromatic N) is 1. The summed E-state index contributed by atoms with van der Waals surface area (Å²) in [7, 11) is -2.99. The molecule has 0 bridgehead atoms. The zero-order valence-electron chi connectivity index (χ0n) is 25.0. The highest BCUT2D eigenvalue weighted by atomic mass is 32.2. The number of hydrogen-bond donors (Lipinski definition) is 1. The first kappa shape index (κ1) is 29.4. The van der Waals surface area contributed by atoms with Crippen LogP contribution in [0.15, 0.2) is 65.1 Å².